The van der Waals surface area contributed by atoms with Crippen molar-refractivity contribution in [2.24, 2.45) is 4.99 Å². The first-order chi connectivity index (χ1) is 9.22. The highest BCUT2D eigenvalue weighted by molar-refractivity contribution is 8.00. The van der Waals surface area contributed by atoms with Gasteiger partial charge >= 0.3 is 0 Å². The van der Waals surface area contributed by atoms with Crippen LogP contribution in [0.4, 0.5) is 5.69 Å². The predicted molar refractivity (Wildman–Crippen MR) is 84.2 cm³/mol. The molecule has 6 heteroatoms. The third-order valence-electron chi connectivity index (χ3n) is 2.77. The fraction of sp³-hybridized carbons (Fsp3) is 0.154. The van der Waals surface area contributed by atoms with Gasteiger partial charge in [0, 0.05) is 11.9 Å². The van der Waals surface area contributed by atoms with Crippen LogP contribution in [0.2, 0.25) is 4.34 Å². The standard InChI is InChI=1S/C13H12ClN3S2/c1-8(9-5-3-2-4-6-9)15-13-16-10-7-11(14)18-12(10)19-17-13/h2-8H,1H3,(H2,15,16,17). The van der Waals surface area contributed by atoms with Gasteiger partial charge in [0.25, 0.3) is 0 Å². The molecule has 0 aliphatic carbocycles. The second-order valence-corrected chi connectivity index (χ2v) is 6.90. The lowest BCUT2D eigenvalue weighted by Gasteiger charge is -2.18. The van der Waals surface area contributed by atoms with Crippen LogP contribution in [0, 0.1) is 0 Å². The van der Waals surface area contributed by atoms with E-state index in [-0.39, 0.29) is 6.04 Å². The number of fused-ring (bicyclic) bond motifs is 1. The van der Waals surface area contributed by atoms with Gasteiger partial charge in [-0.05, 0) is 18.6 Å². The first-order valence-corrected chi connectivity index (χ1v) is 7.85. The number of hydrogen-bond donors (Lipinski definition) is 2. The van der Waals surface area contributed by atoms with Crippen LogP contribution in [-0.2, 0) is 0 Å². The molecule has 1 aliphatic heterocycles. The number of nitrogens with one attached hydrogen (secondary N) is 2. The summed E-state index contributed by atoms with van der Waals surface area (Å²) in [5.74, 6) is 0.767. The van der Waals surface area contributed by atoms with E-state index >= 15 is 0 Å². The molecule has 3 nitrogen and oxygen atoms in total. The minimum absolute atomic E-state index is 0.104. The molecule has 2 heterocycles. The lowest BCUT2D eigenvalue weighted by molar-refractivity contribution is 0.815. The molecule has 1 aromatic heterocycles. The van der Waals surface area contributed by atoms with Crippen LogP contribution in [0.5, 0.6) is 0 Å². The maximum atomic E-state index is 6.00. The van der Waals surface area contributed by atoms with Gasteiger partial charge < -0.3 is 5.32 Å². The van der Waals surface area contributed by atoms with Gasteiger partial charge in [0.1, 0.15) is 4.21 Å². The molecule has 98 valence electrons. The summed E-state index contributed by atoms with van der Waals surface area (Å²) in [7, 11) is 0. The molecular formula is C13H12ClN3S2. The SMILES string of the molecule is CC(N=C1NSc2sc(Cl)cc2N1)c1ccccc1. The topological polar surface area (TPSA) is 36.4 Å². The van der Waals surface area contributed by atoms with E-state index in [1.54, 1.807) is 23.3 Å². The van der Waals surface area contributed by atoms with Crippen molar-refractivity contribution in [3.8, 4) is 0 Å². The Kier molecular flexibility index (Phi) is 3.68. The normalized spacial score (nSPS) is 17.5. The lowest BCUT2D eigenvalue weighted by atomic mass is 10.1. The summed E-state index contributed by atoms with van der Waals surface area (Å²) < 4.78 is 5.11. The number of anilines is 1. The van der Waals surface area contributed by atoms with Gasteiger partial charge in [0.15, 0.2) is 0 Å². The van der Waals surface area contributed by atoms with E-state index < -0.39 is 0 Å². The summed E-state index contributed by atoms with van der Waals surface area (Å²) in [5, 5.41) is 3.26. The van der Waals surface area contributed by atoms with E-state index in [2.05, 4.69) is 34.1 Å². The number of aliphatic imine (C=N–C) groups is 1. The van der Waals surface area contributed by atoms with Crippen LogP contribution in [0.15, 0.2) is 45.6 Å². The van der Waals surface area contributed by atoms with Crippen LogP contribution in [0.1, 0.15) is 18.5 Å². The van der Waals surface area contributed by atoms with Crippen LogP contribution in [-0.4, -0.2) is 5.96 Å². The molecule has 1 atom stereocenters. The van der Waals surface area contributed by atoms with Crippen molar-refractivity contribution in [3.05, 3.63) is 46.3 Å². The number of thiophene rings is 1. The largest absolute Gasteiger partial charge is 0.324 e. The van der Waals surface area contributed by atoms with Crippen molar-refractivity contribution in [2.45, 2.75) is 17.2 Å². The summed E-state index contributed by atoms with van der Waals surface area (Å²) in [5.41, 5.74) is 2.22. The zero-order chi connectivity index (χ0) is 13.2. The molecule has 0 saturated heterocycles. The molecule has 2 aromatic rings. The molecular weight excluding hydrogens is 298 g/mol. The molecule has 1 aromatic carbocycles. The number of rotatable bonds is 2. The molecule has 0 amide bonds. The van der Waals surface area contributed by atoms with Crippen molar-refractivity contribution >= 4 is 46.5 Å². The fourth-order valence-corrected chi connectivity index (χ4v) is 3.94. The van der Waals surface area contributed by atoms with Gasteiger partial charge in [0.2, 0.25) is 5.96 Å². The molecule has 19 heavy (non-hydrogen) atoms. The molecule has 0 saturated carbocycles. The summed E-state index contributed by atoms with van der Waals surface area (Å²) in [6.45, 7) is 2.08. The predicted octanol–water partition coefficient (Wildman–Crippen LogP) is 4.54. The molecule has 3 rings (SSSR count). The highest BCUT2D eigenvalue weighted by Crippen LogP contribution is 2.39. The van der Waals surface area contributed by atoms with Gasteiger partial charge in [-0.3, -0.25) is 4.72 Å². The first-order valence-electron chi connectivity index (χ1n) is 5.84. The van der Waals surface area contributed by atoms with Gasteiger partial charge in [-0.1, -0.05) is 41.9 Å². The summed E-state index contributed by atoms with van der Waals surface area (Å²) in [6.07, 6.45) is 0. The van der Waals surface area contributed by atoms with Crippen LogP contribution >= 0.6 is 34.9 Å². The Bertz CT molecular complexity index is 610. The Balaban J connectivity index is 1.79. The minimum atomic E-state index is 0.104. The number of halogens is 1. The van der Waals surface area contributed by atoms with E-state index in [1.165, 1.54) is 5.56 Å². The molecule has 1 aliphatic rings. The summed E-state index contributed by atoms with van der Waals surface area (Å²) in [4.78, 5) is 4.65. The molecule has 0 fully saturated rings. The second-order valence-electron chi connectivity index (χ2n) is 4.15. The lowest BCUT2D eigenvalue weighted by Crippen LogP contribution is -2.29. The highest BCUT2D eigenvalue weighted by Gasteiger charge is 2.17. The molecule has 0 radical (unpaired) electrons. The molecule has 1 unspecified atom stereocenters. The smallest absolute Gasteiger partial charge is 0.206 e. The quantitative estimate of drug-likeness (QED) is 0.800. The van der Waals surface area contributed by atoms with Gasteiger partial charge in [0.05, 0.1) is 16.1 Å². The Morgan fingerprint density at radius 3 is 2.84 bits per heavy atom. The van der Waals surface area contributed by atoms with Crippen molar-refractivity contribution in [2.75, 3.05) is 5.32 Å². The van der Waals surface area contributed by atoms with Crippen molar-refractivity contribution < 1.29 is 0 Å². The van der Waals surface area contributed by atoms with E-state index in [1.807, 2.05) is 24.3 Å². The molecule has 0 bridgehead atoms. The maximum absolute atomic E-state index is 6.00. The average Bonchev–Trinajstić information content (AvgIpc) is 2.79. The zero-order valence-electron chi connectivity index (χ0n) is 10.2. The van der Waals surface area contributed by atoms with Crippen molar-refractivity contribution in [1.29, 1.82) is 0 Å². The number of benzene rings is 1. The Labute approximate surface area is 125 Å². The molecule has 0 spiro atoms. The Morgan fingerprint density at radius 2 is 2.05 bits per heavy atom. The van der Waals surface area contributed by atoms with Gasteiger partial charge in [-0.2, -0.15) is 0 Å². The molecule has 2 N–H and O–H groups in total. The maximum Gasteiger partial charge on any atom is 0.206 e. The third kappa shape index (κ3) is 2.88. The van der Waals surface area contributed by atoms with Gasteiger partial charge in [-0.15, -0.1) is 11.3 Å². The Morgan fingerprint density at radius 1 is 1.26 bits per heavy atom. The van der Waals surface area contributed by atoms with Crippen molar-refractivity contribution in [1.82, 2.24) is 4.72 Å². The number of guanidine groups is 1. The van der Waals surface area contributed by atoms with E-state index in [0.717, 1.165) is 20.2 Å². The van der Waals surface area contributed by atoms with Crippen molar-refractivity contribution in [3.63, 3.8) is 0 Å². The summed E-state index contributed by atoms with van der Waals surface area (Å²) in [6, 6.07) is 12.3. The highest BCUT2D eigenvalue weighted by atomic mass is 35.5. The zero-order valence-corrected chi connectivity index (χ0v) is 12.6. The van der Waals surface area contributed by atoms with E-state index in [0.29, 0.717) is 0 Å². The monoisotopic (exact) mass is 309 g/mol. The van der Waals surface area contributed by atoms with E-state index in [4.69, 9.17) is 11.6 Å². The first kappa shape index (κ1) is 12.8. The third-order valence-corrected chi connectivity index (χ3v) is 5.03. The fourth-order valence-electron chi connectivity index (χ4n) is 1.81. The van der Waals surface area contributed by atoms with Crippen LogP contribution in [0.25, 0.3) is 0 Å². The Hall–Kier alpha value is -1.17. The van der Waals surface area contributed by atoms with E-state index in [9.17, 15) is 0 Å². The second kappa shape index (κ2) is 5.45. The number of nitrogens with zero attached hydrogens (tertiary/aromatic N) is 1. The van der Waals surface area contributed by atoms with Gasteiger partial charge in [-0.25, -0.2) is 4.99 Å². The number of hydrogen-bond acceptors (Lipinski definition) is 3. The van der Waals surface area contributed by atoms with Crippen LogP contribution < -0.4 is 10.0 Å². The van der Waals surface area contributed by atoms with Crippen LogP contribution in [0.3, 0.4) is 0 Å². The summed E-state index contributed by atoms with van der Waals surface area (Å²) >= 11 is 9.10. The minimum Gasteiger partial charge on any atom is -0.324 e. The average molecular weight is 310 g/mol.